The average molecular weight is 529 g/mol. The van der Waals surface area contributed by atoms with Gasteiger partial charge in [-0.3, -0.25) is 14.5 Å². The number of thioether (sulfide) groups is 1. The van der Waals surface area contributed by atoms with Gasteiger partial charge in [0, 0.05) is 16.0 Å². The van der Waals surface area contributed by atoms with Crippen LogP contribution in [0.1, 0.15) is 16.3 Å². The predicted octanol–water partition coefficient (Wildman–Crippen LogP) is -3.04. The third-order valence-electron chi connectivity index (χ3n) is 4.86. The van der Waals surface area contributed by atoms with E-state index in [2.05, 4.69) is 20.4 Å². The first-order chi connectivity index (χ1) is 15.8. The molecule has 4 heterocycles. The van der Waals surface area contributed by atoms with Crippen molar-refractivity contribution in [2.45, 2.75) is 18.3 Å². The molecule has 2 aromatic rings. The molecule has 0 aromatic carbocycles. The van der Waals surface area contributed by atoms with Crippen LogP contribution in [0.3, 0.4) is 0 Å². The van der Waals surface area contributed by atoms with Gasteiger partial charge in [0.15, 0.2) is 10.8 Å². The molecular formula is C19H17N6NaO5S3. The Kier molecular flexibility index (Phi) is 8.54. The molecule has 2 unspecified atom stereocenters. The van der Waals surface area contributed by atoms with Crippen LogP contribution in [0.2, 0.25) is 0 Å². The Morgan fingerprint density at radius 1 is 1.38 bits per heavy atom. The van der Waals surface area contributed by atoms with E-state index in [1.807, 2.05) is 6.92 Å². The largest absolute Gasteiger partial charge is 1.00 e. The molecule has 0 radical (unpaired) electrons. The number of nitrogen functional groups attached to an aromatic ring is 1. The molecule has 3 N–H and O–H groups in total. The van der Waals surface area contributed by atoms with Crippen LogP contribution >= 0.6 is 34.4 Å². The maximum atomic E-state index is 12.8. The van der Waals surface area contributed by atoms with Crippen molar-refractivity contribution in [3.8, 4) is 0 Å². The number of carbonyl (C=O) groups excluding carboxylic acids is 3. The van der Waals surface area contributed by atoms with Crippen LogP contribution in [0.5, 0.6) is 0 Å². The summed E-state index contributed by atoms with van der Waals surface area (Å²) < 4.78 is 0. The van der Waals surface area contributed by atoms with Crippen LogP contribution in [0.25, 0.3) is 6.08 Å². The summed E-state index contributed by atoms with van der Waals surface area (Å²) in [6, 6.07) is -0.941. The van der Waals surface area contributed by atoms with Crippen molar-refractivity contribution >= 4 is 69.1 Å². The number of hydrogen-bond donors (Lipinski definition) is 2. The fourth-order valence-electron chi connectivity index (χ4n) is 3.31. The topological polar surface area (TPSA) is 163 Å². The number of allylic oxidation sites excluding steroid dienone is 1. The third-order valence-corrected chi connectivity index (χ3v) is 7.73. The summed E-state index contributed by atoms with van der Waals surface area (Å²) in [5.74, 6) is -2.39. The van der Waals surface area contributed by atoms with Gasteiger partial charge in [0.05, 0.1) is 22.9 Å². The summed E-state index contributed by atoms with van der Waals surface area (Å²) in [5, 5.41) is 19.4. The second kappa shape index (κ2) is 11.0. The molecule has 11 nitrogen and oxygen atoms in total. The number of nitrogens with zero attached hydrogens (tertiary/aromatic N) is 4. The van der Waals surface area contributed by atoms with Crippen molar-refractivity contribution in [3.63, 3.8) is 0 Å². The van der Waals surface area contributed by atoms with Gasteiger partial charge in [-0.2, -0.15) is 0 Å². The summed E-state index contributed by atoms with van der Waals surface area (Å²) in [6.45, 7) is 1.85. The number of aromatic nitrogens is 2. The fraction of sp³-hybridized carbons (Fsp3) is 0.263. The predicted molar refractivity (Wildman–Crippen MR) is 123 cm³/mol. The number of nitrogens with two attached hydrogens (primary N) is 1. The molecule has 15 heteroatoms. The molecule has 0 aliphatic carbocycles. The van der Waals surface area contributed by atoms with Crippen LogP contribution in [0.15, 0.2) is 33.4 Å². The fourth-order valence-corrected chi connectivity index (χ4v) is 5.87. The number of carbonyl (C=O) groups is 3. The van der Waals surface area contributed by atoms with E-state index in [9.17, 15) is 19.5 Å². The molecule has 172 valence electrons. The summed E-state index contributed by atoms with van der Waals surface area (Å²) >= 11 is 3.89. The molecule has 2 aromatic heterocycles. The minimum atomic E-state index is -1.46. The number of anilines is 1. The van der Waals surface area contributed by atoms with Crippen molar-refractivity contribution in [1.29, 1.82) is 0 Å². The van der Waals surface area contributed by atoms with Crippen LogP contribution < -0.4 is 45.7 Å². The van der Waals surface area contributed by atoms with E-state index < -0.39 is 29.2 Å². The van der Waals surface area contributed by atoms with Crippen molar-refractivity contribution < 1.29 is 53.9 Å². The maximum Gasteiger partial charge on any atom is 1.00 e. The van der Waals surface area contributed by atoms with Crippen LogP contribution in [0.4, 0.5) is 5.13 Å². The monoisotopic (exact) mass is 528 g/mol. The number of nitrogens with one attached hydrogen (secondary N) is 1. The number of amides is 2. The van der Waals surface area contributed by atoms with E-state index in [4.69, 9.17) is 10.6 Å². The Morgan fingerprint density at radius 3 is 2.74 bits per heavy atom. The van der Waals surface area contributed by atoms with E-state index in [1.165, 1.54) is 35.6 Å². The van der Waals surface area contributed by atoms with Gasteiger partial charge in [-0.1, -0.05) is 11.2 Å². The SMILES string of the molecule is CON=C(C(=O)NC1C(=O)N2C(C(=O)[O-])=C(C=Cc3scnc3C)CSC12)c1csc(N)n1.[Na+]. The van der Waals surface area contributed by atoms with Crippen molar-refractivity contribution in [1.82, 2.24) is 20.2 Å². The molecule has 4 rings (SSSR count). The Balaban J connectivity index is 0.00000324. The second-order valence-electron chi connectivity index (χ2n) is 6.85. The Hall–Kier alpha value is -2.23. The Bertz CT molecular complexity index is 1220. The molecule has 1 fully saturated rings. The van der Waals surface area contributed by atoms with Gasteiger partial charge < -0.3 is 25.8 Å². The maximum absolute atomic E-state index is 12.8. The minimum Gasteiger partial charge on any atom is -0.543 e. The number of carboxylic acid groups (broad SMARTS) is 1. The zero-order valence-electron chi connectivity index (χ0n) is 18.3. The molecule has 1 saturated heterocycles. The molecule has 34 heavy (non-hydrogen) atoms. The number of rotatable bonds is 7. The molecule has 2 amide bonds. The van der Waals surface area contributed by atoms with Crippen molar-refractivity contribution in [2.24, 2.45) is 5.16 Å². The molecule has 0 spiro atoms. The second-order valence-corrected chi connectivity index (χ2v) is 9.73. The van der Waals surface area contributed by atoms with E-state index >= 15 is 0 Å². The number of hydrogen-bond acceptors (Lipinski definition) is 12. The van der Waals surface area contributed by atoms with Crippen molar-refractivity contribution in [3.05, 3.63) is 44.5 Å². The Morgan fingerprint density at radius 2 is 2.15 bits per heavy atom. The first-order valence-corrected chi connectivity index (χ1v) is 12.2. The van der Waals surface area contributed by atoms with E-state index in [0.29, 0.717) is 11.3 Å². The number of carboxylic acids is 1. The normalized spacial score (nSPS) is 20.0. The van der Waals surface area contributed by atoms with Gasteiger partial charge in [0.2, 0.25) is 0 Å². The number of β-lactam (4-membered cyclic amide) rings is 1. The summed E-state index contributed by atoms with van der Waals surface area (Å²) in [7, 11) is 1.27. The number of fused-ring (bicyclic) bond motifs is 1. The Labute approximate surface area is 228 Å². The van der Waals surface area contributed by atoms with Gasteiger partial charge in [0.1, 0.15) is 24.2 Å². The number of aliphatic carboxylic acids is 1. The molecule has 2 atom stereocenters. The summed E-state index contributed by atoms with van der Waals surface area (Å²) in [4.78, 5) is 52.4. The smallest absolute Gasteiger partial charge is 0.543 e. The van der Waals surface area contributed by atoms with Crippen LogP contribution in [-0.4, -0.2) is 62.6 Å². The van der Waals surface area contributed by atoms with Gasteiger partial charge in [0.25, 0.3) is 11.8 Å². The molecule has 2 aliphatic heterocycles. The quantitative estimate of drug-likeness (QED) is 0.165. The third kappa shape index (κ3) is 5.06. The zero-order chi connectivity index (χ0) is 23.7. The van der Waals surface area contributed by atoms with Crippen LogP contribution in [-0.2, 0) is 19.2 Å². The van der Waals surface area contributed by atoms with Gasteiger partial charge in [-0.05, 0) is 18.6 Å². The van der Waals surface area contributed by atoms with Crippen molar-refractivity contribution in [2.75, 3.05) is 18.6 Å². The summed E-state index contributed by atoms with van der Waals surface area (Å²) in [6.07, 6.45) is 3.42. The molecular weight excluding hydrogens is 511 g/mol. The average Bonchev–Trinajstić information content (AvgIpc) is 3.40. The van der Waals surface area contributed by atoms with E-state index in [1.54, 1.807) is 17.7 Å². The molecule has 0 bridgehead atoms. The molecule has 0 saturated carbocycles. The minimum absolute atomic E-state index is 0. The van der Waals surface area contributed by atoms with Gasteiger partial charge >= 0.3 is 29.6 Å². The first kappa shape index (κ1) is 26.4. The van der Waals surface area contributed by atoms with E-state index in [-0.39, 0.29) is 51.8 Å². The summed E-state index contributed by atoms with van der Waals surface area (Å²) in [5.41, 5.74) is 8.45. The number of oxime groups is 1. The number of thiazole rings is 2. The molecule has 2 aliphatic rings. The van der Waals surface area contributed by atoms with Gasteiger partial charge in [-0.15, -0.1) is 34.4 Å². The van der Waals surface area contributed by atoms with E-state index in [0.717, 1.165) is 26.8 Å². The first-order valence-electron chi connectivity index (χ1n) is 9.42. The number of aryl methyl sites for hydroxylation is 1. The zero-order valence-corrected chi connectivity index (χ0v) is 22.8. The van der Waals surface area contributed by atoms with Crippen LogP contribution in [0, 0.1) is 6.92 Å². The van der Waals surface area contributed by atoms with Gasteiger partial charge in [-0.25, -0.2) is 9.97 Å². The standard InChI is InChI=1S/C19H18N6O5S3.Na/c1-8-11(33-7-21-8)4-3-9-5-31-17-13(16(27)25(17)14(9)18(28)29)23-15(26)12(24-30-2)10-6-32-19(20)22-10;/h3-4,6-7,13,17H,5H2,1-2H3,(H2,20,22)(H,23,26)(H,28,29);/q;+1/p-1.